The molecule has 0 aromatic carbocycles. The van der Waals surface area contributed by atoms with Gasteiger partial charge in [-0.2, -0.15) is 0 Å². The van der Waals surface area contributed by atoms with Gasteiger partial charge in [0.15, 0.2) is 0 Å². The highest BCUT2D eigenvalue weighted by molar-refractivity contribution is 4.80. The summed E-state index contributed by atoms with van der Waals surface area (Å²) in [5.74, 6) is -2.42. The fourth-order valence-corrected chi connectivity index (χ4v) is 1.74. The molecule has 0 saturated heterocycles. The predicted octanol–water partition coefficient (Wildman–Crippen LogP) is 1.37. The third-order valence-electron chi connectivity index (χ3n) is 2.51. The molecule has 0 amide bonds. The summed E-state index contributed by atoms with van der Waals surface area (Å²) in [6.45, 7) is 2.01. The first-order valence-electron chi connectivity index (χ1n) is 4.87. The van der Waals surface area contributed by atoms with E-state index in [9.17, 15) is 0 Å². The normalized spacial score (nSPS) is 13.2. The van der Waals surface area contributed by atoms with Crippen LogP contribution in [0.25, 0.3) is 0 Å². The zero-order valence-electron chi connectivity index (χ0n) is 10.5. The van der Waals surface area contributed by atoms with Gasteiger partial charge in [0.25, 0.3) is 5.79 Å². The number of hydrogen-bond donors (Lipinski definition) is 0. The van der Waals surface area contributed by atoms with Crippen LogP contribution < -0.4 is 0 Å². The van der Waals surface area contributed by atoms with E-state index in [0.717, 1.165) is 6.42 Å². The highest BCUT2D eigenvalue weighted by Gasteiger charge is 2.55. The van der Waals surface area contributed by atoms with Gasteiger partial charge in [0.2, 0.25) is 0 Å². The molecule has 15 heavy (non-hydrogen) atoms. The summed E-state index contributed by atoms with van der Waals surface area (Å²) in [5, 5.41) is 0. The first kappa shape index (κ1) is 14.8. The first-order chi connectivity index (χ1) is 7.11. The smallest absolute Gasteiger partial charge is 0.339 e. The van der Waals surface area contributed by atoms with Gasteiger partial charge in [-0.1, -0.05) is 13.3 Å². The van der Waals surface area contributed by atoms with Gasteiger partial charge >= 0.3 is 5.97 Å². The topological polar surface area (TPSA) is 46.2 Å². The average Bonchev–Trinajstić information content (AvgIpc) is 2.30. The van der Waals surface area contributed by atoms with Crippen molar-refractivity contribution in [3.63, 3.8) is 0 Å². The molecule has 0 rings (SSSR count). The van der Waals surface area contributed by atoms with Gasteiger partial charge in [0, 0.05) is 42.0 Å². The molecule has 0 N–H and O–H groups in total. The van der Waals surface area contributed by atoms with E-state index in [4.69, 9.17) is 23.7 Å². The maximum atomic E-state index is 5.37. The van der Waals surface area contributed by atoms with E-state index in [-0.39, 0.29) is 0 Å². The fraction of sp³-hybridized carbons (Fsp3) is 1.00. The minimum atomic E-state index is -1.35. The van der Waals surface area contributed by atoms with Crippen molar-refractivity contribution in [2.24, 2.45) is 0 Å². The molecule has 0 atom stereocenters. The zero-order valence-corrected chi connectivity index (χ0v) is 10.5. The van der Waals surface area contributed by atoms with Gasteiger partial charge in [0.1, 0.15) is 0 Å². The maximum absolute atomic E-state index is 5.37. The molecule has 0 bridgehead atoms. The summed E-state index contributed by atoms with van der Waals surface area (Å²) in [6.07, 6.45) is 1.44. The molecular weight excluding hydrogens is 200 g/mol. The summed E-state index contributed by atoms with van der Waals surface area (Å²) >= 11 is 0. The molecule has 0 unspecified atom stereocenters. The van der Waals surface area contributed by atoms with Gasteiger partial charge in [0.05, 0.1) is 0 Å². The average molecular weight is 222 g/mol. The molecule has 5 heteroatoms. The molecule has 0 aliphatic rings. The number of hydrogen-bond acceptors (Lipinski definition) is 5. The zero-order chi connectivity index (χ0) is 11.9. The Morgan fingerprint density at radius 2 is 1.13 bits per heavy atom. The van der Waals surface area contributed by atoms with E-state index in [1.165, 1.54) is 35.5 Å². The second-order valence-corrected chi connectivity index (χ2v) is 3.08. The van der Waals surface area contributed by atoms with Crippen molar-refractivity contribution in [3.8, 4) is 0 Å². The van der Waals surface area contributed by atoms with Crippen LogP contribution in [-0.4, -0.2) is 47.3 Å². The van der Waals surface area contributed by atoms with Crippen molar-refractivity contribution < 1.29 is 23.7 Å². The second kappa shape index (κ2) is 6.40. The van der Waals surface area contributed by atoms with E-state index in [0.29, 0.717) is 6.42 Å². The van der Waals surface area contributed by atoms with Crippen LogP contribution >= 0.6 is 0 Å². The minimum absolute atomic E-state index is 0.593. The van der Waals surface area contributed by atoms with Crippen molar-refractivity contribution >= 4 is 0 Å². The van der Waals surface area contributed by atoms with Crippen LogP contribution in [0.2, 0.25) is 0 Å². The van der Waals surface area contributed by atoms with E-state index < -0.39 is 11.8 Å². The summed E-state index contributed by atoms with van der Waals surface area (Å²) in [6, 6.07) is 0. The lowest BCUT2D eigenvalue weighted by atomic mass is 10.1. The third-order valence-corrected chi connectivity index (χ3v) is 2.51. The molecule has 0 aliphatic heterocycles. The Morgan fingerprint density at radius 1 is 0.733 bits per heavy atom. The van der Waals surface area contributed by atoms with Crippen molar-refractivity contribution in [2.75, 3.05) is 35.5 Å². The summed E-state index contributed by atoms with van der Waals surface area (Å²) in [5.41, 5.74) is 0. The second-order valence-electron chi connectivity index (χ2n) is 3.08. The molecule has 0 saturated carbocycles. The molecule has 0 heterocycles. The van der Waals surface area contributed by atoms with Crippen LogP contribution in [0.4, 0.5) is 0 Å². The highest BCUT2D eigenvalue weighted by atomic mass is 16.9. The summed E-state index contributed by atoms with van der Waals surface area (Å²) in [7, 11) is 7.51. The number of rotatable bonds is 8. The fourth-order valence-electron chi connectivity index (χ4n) is 1.74. The molecule has 0 aromatic rings. The van der Waals surface area contributed by atoms with Gasteiger partial charge in [-0.05, 0) is 0 Å². The minimum Gasteiger partial charge on any atom is -0.347 e. The van der Waals surface area contributed by atoms with Crippen LogP contribution in [0.3, 0.4) is 0 Å². The molecule has 0 aromatic heterocycles. The first-order valence-corrected chi connectivity index (χ1v) is 4.87. The van der Waals surface area contributed by atoms with Crippen molar-refractivity contribution in [3.05, 3.63) is 0 Å². The summed E-state index contributed by atoms with van der Waals surface area (Å²) < 4.78 is 26.5. The van der Waals surface area contributed by atoms with Gasteiger partial charge in [-0.15, -0.1) is 0 Å². The molecule has 5 nitrogen and oxygen atoms in total. The van der Waals surface area contributed by atoms with Crippen LogP contribution in [0, 0.1) is 0 Å². The Kier molecular flexibility index (Phi) is 6.31. The SMILES string of the molecule is CCCC(OC)(OC)C(OC)(OC)OC. The van der Waals surface area contributed by atoms with E-state index >= 15 is 0 Å². The Hall–Kier alpha value is -0.200. The van der Waals surface area contributed by atoms with Crippen LogP contribution in [0.15, 0.2) is 0 Å². The van der Waals surface area contributed by atoms with Gasteiger partial charge in [-0.3, -0.25) is 0 Å². The maximum Gasteiger partial charge on any atom is 0.339 e. The van der Waals surface area contributed by atoms with E-state index in [2.05, 4.69) is 0 Å². The molecule has 0 aliphatic carbocycles. The monoisotopic (exact) mass is 222 g/mol. The van der Waals surface area contributed by atoms with Crippen LogP contribution in [-0.2, 0) is 23.7 Å². The quantitative estimate of drug-likeness (QED) is 0.580. The Labute approximate surface area is 91.6 Å². The largest absolute Gasteiger partial charge is 0.347 e. The molecule has 92 valence electrons. The Bertz CT molecular complexity index is 155. The van der Waals surface area contributed by atoms with E-state index in [1.54, 1.807) is 0 Å². The predicted molar refractivity (Wildman–Crippen MR) is 55.4 cm³/mol. The third kappa shape index (κ3) is 2.49. The lowest BCUT2D eigenvalue weighted by molar-refractivity contribution is -0.476. The Morgan fingerprint density at radius 3 is 1.33 bits per heavy atom. The highest BCUT2D eigenvalue weighted by Crippen LogP contribution is 2.35. The molecule has 0 spiro atoms. The van der Waals surface area contributed by atoms with E-state index in [1.807, 2.05) is 6.92 Å². The van der Waals surface area contributed by atoms with Gasteiger partial charge < -0.3 is 23.7 Å². The van der Waals surface area contributed by atoms with Crippen molar-refractivity contribution in [1.29, 1.82) is 0 Å². The molecular formula is C10H22O5. The summed E-state index contributed by atoms with van der Waals surface area (Å²) in [4.78, 5) is 0. The number of ether oxygens (including phenoxy) is 5. The van der Waals surface area contributed by atoms with Crippen LogP contribution in [0.5, 0.6) is 0 Å². The van der Waals surface area contributed by atoms with Crippen molar-refractivity contribution in [1.82, 2.24) is 0 Å². The lowest BCUT2D eigenvalue weighted by Gasteiger charge is -2.43. The van der Waals surface area contributed by atoms with Gasteiger partial charge in [-0.25, -0.2) is 0 Å². The van der Waals surface area contributed by atoms with Crippen molar-refractivity contribution in [2.45, 2.75) is 31.5 Å². The Balaban J connectivity index is 5.13. The van der Waals surface area contributed by atoms with Crippen LogP contribution in [0.1, 0.15) is 19.8 Å². The molecule has 0 fully saturated rings. The lowest BCUT2D eigenvalue weighted by Crippen LogP contribution is -2.60. The number of methoxy groups -OCH3 is 5. The molecule has 0 radical (unpaired) electrons. The standard InChI is InChI=1S/C10H22O5/c1-7-8-9(11-2,12-3)10(13-4,14-5)15-6/h7-8H2,1-6H3.